The van der Waals surface area contributed by atoms with Gasteiger partial charge in [-0.15, -0.1) is 0 Å². The third-order valence-corrected chi connectivity index (χ3v) is 3.15. The van der Waals surface area contributed by atoms with Crippen LogP contribution in [-0.4, -0.2) is 40.7 Å². The zero-order valence-corrected chi connectivity index (χ0v) is 12.2. The average molecular weight is 290 g/mol. The third-order valence-electron chi connectivity index (χ3n) is 2.79. The molecule has 6 nitrogen and oxygen atoms in total. The van der Waals surface area contributed by atoms with Crippen LogP contribution in [-0.2, 0) is 11.3 Å². The minimum Gasteiger partial charge on any atom is -0.388 e. The Morgan fingerprint density at radius 3 is 2.89 bits per heavy atom. The van der Waals surface area contributed by atoms with Crippen LogP contribution in [0.4, 0.5) is 5.69 Å². The Labute approximate surface area is 117 Å². The van der Waals surface area contributed by atoms with Crippen LogP contribution in [0.25, 0.3) is 0 Å². The molecule has 0 aromatic carbocycles. The van der Waals surface area contributed by atoms with E-state index in [9.17, 15) is 9.90 Å². The van der Waals surface area contributed by atoms with Crippen molar-refractivity contribution < 1.29 is 9.84 Å². The lowest BCUT2D eigenvalue weighted by Gasteiger charge is -2.24. The number of methoxy groups -OCH3 is 1. The summed E-state index contributed by atoms with van der Waals surface area (Å²) >= 11 is 5.97. The molecule has 0 fully saturated rings. The van der Waals surface area contributed by atoms with E-state index in [2.05, 4.69) is 10.4 Å². The summed E-state index contributed by atoms with van der Waals surface area (Å²) in [4.78, 5) is 11.8. The zero-order chi connectivity index (χ0) is 14.5. The van der Waals surface area contributed by atoms with Gasteiger partial charge < -0.3 is 15.2 Å². The number of halogens is 1. The van der Waals surface area contributed by atoms with Crippen LogP contribution >= 0.6 is 11.6 Å². The number of hydrogen-bond donors (Lipinski definition) is 2. The van der Waals surface area contributed by atoms with Crippen LogP contribution in [0.15, 0.2) is 11.0 Å². The zero-order valence-electron chi connectivity index (χ0n) is 11.4. The van der Waals surface area contributed by atoms with Crippen molar-refractivity contribution in [1.29, 1.82) is 0 Å². The van der Waals surface area contributed by atoms with E-state index in [-0.39, 0.29) is 17.1 Å². The second kappa shape index (κ2) is 6.88. The second-order valence-corrected chi connectivity index (χ2v) is 4.96. The van der Waals surface area contributed by atoms with Crippen molar-refractivity contribution in [3.05, 3.63) is 21.6 Å². The van der Waals surface area contributed by atoms with E-state index in [4.69, 9.17) is 16.3 Å². The number of aryl methyl sites for hydroxylation is 1. The quantitative estimate of drug-likeness (QED) is 0.786. The number of rotatable bonds is 7. The Kier molecular flexibility index (Phi) is 5.78. The largest absolute Gasteiger partial charge is 0.388 e. The molecule has 1 unspecified atom stereocenters. The minimum absolute atomic E-state index is 0.0828. The first kappa shape index (κ1) is 15.9. The second-order valence-electron chi connectivity index (χ2n) is 4.59. The van der Waals surface area contributed by atoms with E-state index < -0.39 is 5.60 Å². The topological polar surface area (TPSA) is 76.4 Å². The maximum atomic E-state index is 11.8. The standard InChI is InChI=1S/C12H20ClN3O3/c1-4-16-11(17)10(13)9(7-15-16)14-8-12(2,18)5-6-19-3/h7,14,18H,4-6,8H2,1-3H3. The van der Waals surface area contributed by atoms with Gasteiger partial charge >= 0.3 is 0 Å². The molecule has 1 aromatic heterocycles. The van der Waals surface area contributed by atoms with Gasteiger partial charge in [0.15, 0.2) is 0 Å². The summed E-state index contributed by atoms with van der Waals surface area (Å²) in [5.74, 6) is 0. The third kappa shape index (κ3) is 4.49. The molecule has 0 saturated carbocycles. The van der Waals surface area contributed by atoms with Crippen LogP contribution in [0.5, 0.6) is 0 Å². The fourth-order valence-electron chi connectivity index (χ4n) is 1.51. The maximum Gasteiger partial charge on any atom is 0.287 e. The van der Waals surface area contributed by atoms with E-state index in [0.717, 1.165) is 0 Å². The summed E-state index contributed by atoms with van der Waals surface area (Å²) in [7, 11) is 1.58. The molecule has 7 heteroatoms. The predicted molar refractivity (Wildman–Crippen MR) is 74.8 cm³/mol. The number of aromatic nitrogens is 2. The molecule has 1 rings (SSSR count). The smallest absolute Gasteiger partial charge is 0.287 e. The number of nitrogens with one attached hydrogen (secondary N) is 1. The molecule has 1 heterocycles. The molecule has 0 spiro atoms. The van der Waals surface area contributed by atoms with Crippen LogP contribution in [0.1, 0.15) is 20.3 Å². The Morgan fingerprint density at radius 1 is 1.63 bits per heavy atom. The summed E-state index contributed by atoms with van der Waals surface area (Å²) < 4.78 is 6.20. The average Bonchev–Trinajstić information content (AvgIpc) is 2.38. The van der Waals surface area contributed by atoms with Gasteiger partial charge in [-0.1, -0.05) is 11.6 Å². The summed E-state index contributed by atoms with van der Waals surface area (Å²) in [5.41, 5.74) is -0.862. The minimum atomic E-state index is -0.945. The van der Waals surface area contributed by atoms with Crippen LogP contribution in [0.3, 0.4) is 0 Å². The van der Waals surface area contributed by atoms with Crippen molar-refractivity contribution in [2.24, 2.45) is 0 Å². The molecule has 0 aliphatic carbocycles. The van der Waals surface area contributed by atoms with Crippen LogP contribution in [0.2, 0.25) is 5.02 Å². The SMILES string of the molecule is CCn1ncc(NCC(C)(O)CCOC)c(Cl)c1=O. The molecular weight excluding hydrogens is 270 g/mol. The molecule has 0 amide bonds. The number of hydrogen-bond acceptors (Lipinski definition) is 5. The van der Waals surface area contributed by atoms with Gasteiger partial charge in [0, 0.05) is 33.2 Å². The monoisotopic (exact) mass is 289 g/mol. The van der Waals surface area contributed by atoms with Gasteiger partial charge in [-0.3, -0.25) is 4.79 Å². The number of aliphatic hydroxyl groups is 1. The van der Waals surface area contributed by atoms with Crippen molar-refractivity contribution in [2.45, 2.75) is 32.4 Å². The number of ether oxygens (including phenoxy) is 1. The number of anilines is 1. The fraction of sp³-hybridized carbons (Fsp3) is 0.667. The molecule has 0 radical (unpaired) electrons. The van der Waals surface area contributed by atoms with Gasteiger partial charge in [-0.2, -0.15) is 5.10 Å². The van der Waals surface area contributed by atoms with Crippen molar-refractivity contribution in [1.82, 2.24) is 9.78 Å². The highest BCUT2D eigenvalue weighted by Crippen LogP contribution is 2.17. The highest BCUT2D eigenvalue weighted by molar-refractivity contribution is 6.32. The van der Waals surface area contributed by atoms with Gasteiger partial charge in [-0.05, 0) is 13.8 Å². The Hall–Kier alpha value is -1.11. The highest BCUT2D eigenvalue weighted by atomic mass is 35.5. The summed E-state index contributed by atoms with van der Waals surface area (Å²) in [5, 5.41) is 17.1. The number of nitrogens with zero attached hydrogens (tertiary/aromatic N) is 2. The van der Waals surface area contributed by atoms with Crippen LogP contribution in [0, 0.1) is 0 Å². The molecule has 0 aliphatic rings. The first-order valence-electron chi connectivity index (χ1n) is 6.12. The lowest BCUT2D eigenvalue weighted by Crippen LogP contribution is -2.35. The summed E-state index contributed by atoms with van der Waals surface area (Å²) in [6, 6.07) is 0. The van der Waals surface area contributed by atoms with E-state index >= 15 is 0 Å². The lowest BCUT2D eigenvalue weighted by molar-refractivity contribution is 0.0357. The normalized spacial score (nSPS) is 14.2. The molecule has 108 valence electrons. The summed E-state index contributed by atoms with van der Waals surface area (Å²) in [6.07, 6.45) is 1.97. The first-order valence-corrected chi connectivity index (χ1v) is 6.50. The first-order chi connectivity index (χ1) is 8.91. The molecule has 0 saturated heterocycles. The van der Waals surface area contributed by atoms with Crippen molar-refractivity contribution in [2.75, 3.05) is 25.6 Å². The highest BCUT2D eigenvalue weighted by Gasteiger charge is 2.20. The summed E-state index contributed by atoms with van der Waals surface area (Å²) in [6.45, 7) is 4.68. The molecule has 0 bridgehead atoms. The van der Waals surface area contributed by atoms with Crippen molar-refractivity contribution >= 4 is 17.3 Å². The van der Waals surface area contributed by atoms with Crippen LogP contribution < -0.4 is 10.9 Å². The van der Waals surface area contributed by atoms with Gasteiger partial charge in [0.2, 0.25) is 0 Å². The molecule has 19 heavy (non-hydrogen) atoms. The molecular formula is C12H20ClN3O3. The van der Waals surface area contributed by atoms with Gasteiger partial charge in [0.05, 0.1) is 17.5 Å². The van der Waals surface area contributed by atoms with Gasteiger partial charge in [0.25, 0.3) is 5.56 Å². The van der Waals surface area contributed by atoms with Crippen molar-refractivity contribution in [3.63, 3.8) is 0 Å². The van der Waals surface area contributed by atoms with E-state index in [1.165, 1.54) is 10.9 Å². The lowest BCUT2D eigenvalue weighted by atomic mass is 10.0. The van der Waals surface area contributed by atoms with E-state index in [1.807, 2.05) is 6.92 Å². The predicted octanol–water partition coefficient (Wildman–Crippen LogP) is 1.12. The van der Waals surface area contributed by atoms with Gasteiger partial charge in [-0.25, -0.2) is 4.68 Å². The van der Waals surface area contributed by atoms with E-state index in [1.54, 1.807) is 14.0 Å². The van der Waals surface area contributed by atoms with Crippen molar-refractivity contribution in [3.8, 4) is 0 Å². The maximum absolute atomic E-state index is 11.8. The Bertz CT molecular complexity index is 474. The van der Waals surface area contributed by atoms with Gasteiger partial charge in [0.1, 0.15) is 5.02 Å². The molecule has 2 N–H and O–H groups in total. The Morgan fingerprint density at radius 2 is 2.32 bits per heavy atom. The molecule has 1 aromatic rings. The molecule has 0 aliphatic heterocycles. The fourth-order valence-corrected chi connectivity index (χ4v) is 1.72. The Balaban J connectivity index is 2.73. The van der Waals surface area contributed by atoms with E-state index in [0.29, 0.717) is 25.3 Å². The molecule has 1 atom stereocenters.